The van der Waals surface area contributed by atoms with Gasteiger partial charge in [0.15, 0.2) is 0 Å². The number of amides is 1. The standard InChI is InChI=1S/C19H25N3OS/c1-21(2)19(23)13-22(3)12-18-20-16-10-9-15(11-17(16)24-18)14-7-5-4-6-8-14/h4-8,15H,9-13H2,1-3H3. The van der Waals surface area contributed by atoms with Crippen molar-refractivity contribution in [2.24, 2.45) is 0 Å². The van der Waals surface area contributed by atoms with E-state index in [1.807, 2.05) is 23.3 Å². The molecule has 24 heavy (non-hydrogen) atoms. The number of aryl methyl sites for hydroxylation is 1. The molecule has 0 spiro atoms. The maximum atomic E-state index is 11.8. The molecule has 1 aromatic carbocycles. The fourth-order valence-electron chi connectivity index (χ4n) is 3.16. The molecule has 5 heteroatoms. The molecule has 0 fully saturated rings. The average molecular weight is 343 g/mol. The molecule has 0 aliphatic heterocycles. The first kappa shape index (κ1) is 17.1. The number of thiazole rings is 1. The summed E-state index contributed by atoms with van der Waals surface area (Å²) in [4.78, 5) is 21.7. The van der Waals surface area contributed by atoms with Crippen molar-refractivity contribution in [2.75, 3.05) is 27.7 Å². The van der Waals surface area contributed by atoms with Gasteiger partial charge in [-0.3, -0.25) is 9.69 Å². The quantitative estimate of drug-likeness (QED) is 0.837. The Morgan fingerprint density at radius 2 is 2.00 bits per heavy atom. The first-order chi connectivity index (χ1) is 11.5. The highest BCUT2D eigenvalue weighted by Gasteiger charge is 2.24. The molecular formula is C19H25N3OS. The summed E-state index contributed by atoms with van der Waals surface area (Å²) in [6, 6.07) is 10.8. The van der Waals surface area contributed by atoms with Gasteiger partial charge in [0.1, 0.15) is 5.01 Å². The number of nitrogens with zero attached hydrogens (tertiary/aromatic N) is 3. The van der Waals surface area contributed by atoms with E-state index in [9.17, 15) is 4.79 Å². The summed E-state index contributed by atoms with van der Waals surface area (Å²) in [5, 5.41) is 1.13. The zero-order chi connectivity index (χ0) is 17.1. The van der Waals surface area contributed by atoms with E-state index in [0.717, 1.165) is 24.4 Å². The topological polar surface area (TPSA) is 36.4 Å². The Labute approximate surface area is 148 Å². The summed E-state index contributed by atoms with van der Waals surface area (Å²) >= 11 is 1.82. The molecule has 1 aromatic heterocycles. The minimum atomic E-state index is 0.128. The Balaban J connectivity index is 1.64. The van der Waals surface area contributed by atoms with E-state index in [1.54, 1.807) is 19.0 Å². The lowest BCUT2D eigenvalue weighted by molar-refractivity contribution is -0.129. The summed E-state index contributed by atoms with van der Waals surface area (Å²) < 4.78 is 0. The van der Waals surface area contributed by atoms with Gasteiger partial charge in [-0.25, -0.2) is 4.98 Å². The van der Waals surface area contributed by atoms with Crippen LogP contribution in [0.15, 0.2) is 30.3 Å². The van der Waals surface area contributed by atoms with Crippen molar-refractivity contribution in [2.45, 2.75) is 31.7 Å². The number of hydrogen-bond acceptors (Lipinski definition) is 4. The molecule has 1 heterocycles. The molecular weight excluding hydrogens is 318 g/mol. The summed E-state index contributed by atoms with van der Waals surface area (Å²) in [5.74, 6) is 0.739. The Hall–Kier alpha value is -1.72. The smallest absolute Gasteiger partial charge is 0.236 e. The molecule has 4 nitrogen and oxygen atoms in total. The molecule has 0 saturated heterocycles. The molecule has 128 valence electrons. The van der Waals surface area contributed by atoms with Gasteiger partial charge in [0.25, 0.3) is 0 Å². The first-order valence-electron chi connectivity index (χ1n) is 8.44. The predicted octanol–water partition coefficient (Wildman–Crippen LogP) is 2.94. The number of carbonyl (C=O) groups is 1. The van der Waals surface area contributed by atoms with Crippen LogP contribution >= 0.6 is 11.3 Å². The third-order valence-electron chi connectivity index (χ3n) is 4.56. The molecule has 0 N–H and O–H groups in total. The molecule has 2 aromatic rings. The van der Waals surface area contributed by atoms with Crippen molar-refractivity contribution in [3.63, 3.8) is 0 Å². The van der Waals surface area contributed by atoms with Crippen molar-refractivity contribution in [1.29, 1.82) is 0 Å². The van der Waals surface area contributed by atoms with Gasteiger partial charge >= 0.3 is 0 Å². The van der Waals surface area contributed by atoms with Crippen molar-refractivity contribution < 1.29 is 4.79 Å². The van der Waals surface area contributed by atoms with E-state index in [4.69, 9.17) is 4.98 Å². The van der Waals surface area contributed by atoms with Crippen LogP contribution in [0.2, 0.25) is 0 Å². The monoisotopic (exact) mass is 343 g/mol. The normalized spacial score (nSPS) is 16.9. The van der Waals surface area contributed by atoms with Crippen molar-refractivity contribution in [1.82, 2.24) is 14.8 Å². The molecule has 1 unspecified atom stereocenters. The number of likely N-dealkylation sites (N-methyl/N-ethyl adjacent to an activating group) is 2. The van der Waals surface area contributed by atoms with Crippen molar-refractivity contribution in [3.05, 3.63) is 51.5 Å². The van der Waals surface area contributed by atoms with E-state index in [2.05, 4.69) is 30.3 Å². The second-order valence-corrected chi connectivity index (χ2v) is 7.96. The van der Waals surface area contributed by atoms with Gasteiger partial charge in [-0.05, 0) is 37.8 Å². The molecule has 0 saturated carbocycles. The summed E-state index contributed by atoms with van der Waals surface area (Å²) in [7, 11) is 5.57. The maximum absolute atomic E-state index is 11.8. The Bertz CT molecular complexity index is 696. The molecule has 1 atom stereocenters. The van der Waals surface area contributed by atoms with E-state index < -0.39 is 0 Å². The van der Waals surface area contributed by atoms with Crippen LogP contribution in [-0.4, -0.2) is 48.4 Å². The molecule has 1 aliphatic rings. The fraction of sp³-hybridized carbons (Fsp3) is 0.474. The van der Waals surface area contributed by atoms with E-state index in [0.29, 0.717) is 12.5 Å². The number of benzene rings is 1. The molecule has 1 amide bonds. The van der Waals surface area contributed by atoms with Crippen molar-refractivity contribution in [3.8, 4) is 0 Å². The number of hydrogen-bond donors (Lipinski definition) is 0. The molecule has 0 radical (unpaired) electrons. The zero-order valence-electron chi connectivity index (χ0n) is 14.7. The number of aromatic nitrogens is 1. The van der Waals surface area contributed by atoms with Gasteiger partial charge in [-0.2, -0.15) is 0 Å². The van der Waals surface area contributed by atoms with Crippen LogP contribution in [0.3, 0.4) is 0 Å². The minimum absolute atomic E-state index is 0.128. The van der Waals surface area contributed by atoms with Gasteiger partial charge in [-0.1, -0.05) is 30.3 Å². The number of carbonyl (C=O) groups excluding carboxylic acids is 1. The molecule has 1 aliphatic carbocycles. The minimum Gasteiger partial charge on any atom is -0.348 e. The Morgan fingerprint density at radius 1 is 1.25 bits per heavy atom. The third-order valence-corrected chi connectivity index (χ3v) is 5.67. The van der Waals surface area contributed by atoms with Crippen LogP contribution in [0, 0.1) is 0 Å². The van der Waals surface area contributed by atoms with Crippen molar-refractivity contribution >= 4 is 17.2 Å². The van der Waals surface area contributed by atoms with E-state index in [1.165, 1.54) is 22.6 Å². The van der Waals surface area contributed by atoms with Crippen LogP contribution in [0.5, 0.6) is 0 Å². The molecule has 3 rings (SSSR count). The van der Waals surface area contributed by atoms with Gasteiger partial charge in [0.2, 0.25) is 5.91 Å². The first-order valence-corrected chi connectivity index (χ1v) is 9.25. The van der Waals surface area contributed by atoms with Gasteiger partial charge < -0.3 is 4.90 Å². The highest BCUT2D eigenvalue weighted by Crippen LogP contribution is 2.35. The van der Waals surface area contributed by atoms with Gasteiger partial charge in [-0.15, -0.1) is 11.3 Å². The summed E-state index contributed by atoms with van der Waals surface area (Å²) in [6.45, 7) is 1.18. The second kappa shape index (κ2) is 7.45. The highest BCUT2D eigenvalue weighted by atomic mass is 32.1. The van der Waals surface area contributed by atoms with Crippen LogP contribution in [0.25, 0.3) is 0 Å². The zero-order valence-corrected chi connectivity index (χ0v) is 15.5. The van der Waals surface area contributed by atoms with Crippen LogP contribution in [0.4, 0.5) is 0 Å². The molecule has 0 bridgehead atoms. The predicted molar refractivity (Wildman–Crippen MR) is 98.4 cm³/mol. The second-order valence-electron chi connectivity index (χ2n) is 6.79. The SMILES string of the molecule is CN(CC(=O)N(C)C)Cc1nc2c(s1)CC(c1ccccc1)CC2. The fourth-order valence-corrected chi connectivity index (χ4v) is 4.44. The lowest BCUT2D eigenvalue weighted by Gasteiger charge is -2.21. The summed E-state index contributed by atoms with van der Waals surface area (Å²) in [5.41, 5.74) is 2.71. The van der Waals surface area contributed by atoms with Gasteiger partial charge in [0.05, 0.1) is 18.8 Å². The average Bonchev–Trinajstić information content (AvgIpc) is 2.96. The van der Waals surface area contributed by atoms with E-state index in [-0.39, 0.29) is 5.91 Å². The van der Waals surface area contributed by atoms with Crippen LogP contribution in [0.1, 0.15) is 33.5 Å². The van der Waals surface area contributed by atoms with E-state index >= 15 is 0 Å². The van der Waals surface area contributed by atoms with Gasteiger partial charge in [0, 0.05) is 19.0 Å². The van der Waals surface area contributed by atoms with Crippen LogP contribution < -0.4 is 0 Å². The van der Waals surface area contributed by atoms with Crippen LogP contribution in [-0.2, 0) is 24.2 Å². The third kappa shape index (κ3) is 4.02. The lowest BCUT2D eigenvalue weighted by Crippen LogP contribution is -2.34. The maximum Gasteiger partial charge on any atom is 0.236 e. The lowest BCUT2D eigenvalue weighted by atomic mass is 9.85. The largest absolute Gasteiger partial charge is 0.348 e. The number of rotatable bonds is 5. The highest BCUT2D eigenvalue weighted by molar-refractivity contribution is 7.11. The summed E-state index contributed by atoms with van der Waals surface area (Å²) in [6.07, 6.45) is 3.33. The number of fused-ring (bicyclic) bond motifs is 1. The Kier molecular flexibility index (Phi) is 5.31. The Morgan fingerprint density at radius 3 is 2.71 bits per heavy atom.